The molecule has 0 aromatic carbocycles. The zero-order valence-electron chi connectivity index (χ0n) is 9.25. The van der Waals surface area contributed by atoms with E-state index in [1.54, 1.807) is 0 Å². The van der Waals surface area contributed by atoms with Gasteiger partial charge in [0, 0.05) is 24.5 Å². The second kappa shape index (κ2) is 4.87. The Hall–Kier alpha value is -1.11. The molecule has 1 saturated heterocycles. The van der Waals surface area contributed by atoms with Crippen molar-refractivity contribution >= 4 is 27.7 Å². The van der Waals surface area contributed by atoms with Crippen LogP contribution in [0, 0.1) is 5.92 Å². The lowest BCUT2D eigenvalue weighted by atomic mass is 10.2. The highest BCUT2D eigenvalue weighted by Crippen LogP contribution is 2.30. The molecule has 1 unspecified atom stereocenters. The first-order valence-corrected chi connectivity index (χ1v) is 6.43. The van der Waals surface area contributed by atoms with Crippen LogP contribution in [-0.2, 0) is 11.0 Å². The van der Waals surface area contributed by atoms with Gasteiger partial charge in [-0.1, -0.05) is 15.9 Å². The summed E-state index contributed by atoms with van der Waals surface area (Å²) in [4.78, 5) is 16.8. The number of pyridine rings is 1. The first kappa shape index (κ1) is 13.3. The van der Waals surface area contributed by atoms with Gasteiger partial charge in [0.2, 0.25) is 5.91 Å². The van der Waals surface area contributed by atoms with E-state index in [1.165, 1.54) is 11.0 Å². The van der Waals surface area contributed by atoms with Crippen molar-refractivity contribution in [2.24, 2.45) is 5.92 Å². The van der Waals surface area contributed by atoms with Crippen LogP contribution >= 0.6 is 15.9 Å². The third-order valence-electron chi connectivity index (χ3n) is 2.78. The van der Waals surface area contributed by atoms with E-state index in [1.807, 2.05) is 0 Å². The van der Waals surface area contributed by atoms with Crippen LogP contribution in [0.15, 0.2) is 18.3 Å². The molecule has 0 N–H and O–H groups in total. The Morgan fingerprint density at radius 1 is 1.44 bits per heavy atom. The van der Waals surface area contributed by atoms with Gasteiger partial charge in [-0.3, -0.25) is 9.69 Å². The van der Waals surface area contributed by atoms with E-state index < -0.39 is 11.7 Å². The fourth-order valence-corrected chi connectivity index (χ4v) is 2.25. The van der Waals surface area contributed by atoms with E-state index in [0.29, 0.717) is 18.3 Å². The van der Waals surface area contributed by atoms with Crippen LogP contribution in [0.1, 0.15) is 12.0 Å². The van der Waals surface area contributed by atoms with E-state index in [4.69, 9.17) is 0 Å². The molecule has 18 heavy (non-hydrogen) atoms. The predicted octanol–water partition coefficient (Wildman–Crippen LogP) is 2.85. The maximum Gasteiger partial charge on any atom is 0.417 e. The Kier molecular flexibility index (Phi) is 3.61. The number of anilines is 1. The Morgan fingerprint density at radius 2 is 2.17 bits per heavy atom. The molecule has 1 aliphatic rings. The number of aromatic nitrogens is 1. The van der Waals surface area contributed by atoms with Gasteiger partial charge in [-0.15, -0.1) is 0 Å². The molecule has 1 atom stereocenters. The van der Waals surface area contributed by atoms with Crippen molar-refractivity contribution in [3.8, 4) is 0 Å². The number of amides is 1. The van der Waals surface area contributed by atoms with Crippen molar-refractivity contribution in [1.82, 2.24) is 4.98 Å². The van der Waals surface area contributed by atoms with Crippen LogP contribution in [-0.4, -0.2) is 22.8 Å². The number of halogens is 4. The smallest absolute Gasteiger partial charge is 0.297 e. The number of hydrogen-bond acceptors (Lipinski definition) is 2. The summed E-state index contributed by atoms with van der Waals surface area (Å²) in [7, 11) is 0. The SMILES string of the molecule is O=C1CC(CBr)CN1c1ccc(C(F)(F)F)cn1. The summed E-state index contributed by atoms with van der Waals surface area (Å²) in [5.74, 6) is 0.352. The van der Waals surface area contributed by atoms with Crippen LogP contribution in [0.5, 0.6) is 0 Å². The Labute approximate surface area is 110 Å². The van der Waals surface area contributed by atoms with Gasteiger partial charge in [0.1, 0.15) is 5.82 Å². The van der Waals surface area contributed by atoms with Gasteiger partial charge in [0.05, 0.1) is 5.56 Å². The van der Waals surface area contributed by atoms with Crippen molar-refractivity contribution in [3.05, 3.63) is 23.9 Å². The number of alkyl halides is 4. The quantitative estimate of drug-likeness (QED) is 0.784. The number of hydrogen-bond donors (Lipinski definition) is 0. The lowest BCUT2D eigenvalue weighted by Gasteiger charge is -2.15. The van der Waals surface area contributed by atoms with Gasteiger partial charge >= 0.3 is 6.18 Å². The van der Waals surface area contributed by atoms with Crippen LogP contribution in [0.25, 0.3) is 0 Å². The zero-order chi connectivity index (χ0) is 13.3. The maximum absolute atomic E-state index is 12.4. The Balaban J connectivity index is 2.18. The summed E-state index contributed by atoms with van der Waals surface area (Å²) in [5.41, 5.74) is -0.810. The second-order valence-corrected chi connectivity index (χ2v) is 4.78. The summed E-state index contributed by atoms with van der Waals surface area (Å²) in [6.45, 7) is 0.489. The fourth-order valence-electron chi connectivity index (χ4n) is 1.82. The van der Waals surface area contributed by atoms with Gasteiger partial charge < -0.3 is 0 Å². The molecule has 1 aromatic rings. The summed E-state index contributed by atoms with van der Waals surface area (Å²) in [6, 6.07) is 2.18. The van der Waals surface area contributed by atoms with Crippen molar-refractivity contribution in [2.45, 2.75) is 12.6 Å². The average molecular weight is 323 g/mol. The third-order valence-corrected chi connectivity index (χ3v) is 3.69. The standard InChI is InChI=1S/C11H10BrF3N2O/c12-4-7-3-10(18)17(6-7)9-2-1-8(5-16-9)11(13,14)15/h1-2,5,7H,3-4,6H2. The number of rotatable bonds is 2. The van der Waals surface area contributed by atoms with Gasteiger partial charge in [-0.25, -0.2) is 4.98 Å². The molecule has 1 amide bonds. The van der Waals surface area contributed by atoms with Crippen molar-refractivity contribution in [1.29, 1.82) is 0 Å². The minimum absolute atomic E-state index is 0.105. The normalized spacial score (nSPS) is 20.6. The molecule has 2 rings (SSSR count). The highest BCUT2D eigenvalue weighted by atomic mass is 79.9. The minimum Gasteiger partial charge on any atom is -0.297 e. The molecular weight excluding hydrogens is 313 g/mol. The summed E-state index contributed by atoms with van der Waals surface area (Å²) in [6.07, 6.45) is -3.25. The molecule has 1 fully saturated rings. The summed E-state index contributed by atoms with van der Waals surface area (Å²) in [5, 5.41) is 0.690. The molecule has 0 spiro atoms. The minimum atomic E-state index is -4.40. The Bertz CT molecular complexity index is 447. The molecule has 7 heteroatoms. The van der Waals surface area contributed by atoms with E-state index >= 15 is 0 Å². The van der Waals surface area contributed by atoms with Crippen LogP contribution in [0.2, 0.25) is 0 Å². The van der Waals surface area contributed by atoms with E-state index in [9.17, 15) is 18.0 Å². The van der Waals surface area contributed by atoms with Crippen molar-refractivity contribution < 1.29 is 18.0 Å². The lowest BCUT2D eigenvalue weighted by molar-refractivity contribution is -0.137. The molecule has 0 radical (unpaired) electrons. The average Bonchev–Trinajstić information content (AvgIpc) is 2.70. The number of nitrogens with zero attached hydrogens (tertiary/aromatic N) is 2. The highest BCUT2D eigenvalue weighted by molar-refractivity contribution is 9.09. The molecule has 3 nitrogen and oxygen atoms in total. The Morgan fingerprint density at radius 3 is 2.61 bits per heavy atom. The topological polar surface area (TPSA) is 33.2 Å². The zero-order valence-corrected chi connectivity index (χ0v) is 10.8. The molecule has 0 saturated carbocycles. The first-order valence-electron chi connectivity index (χ1n) is 5.31. The molecule has 0 aliphatic carbocycles. The van der Waals surface area contributed by atoms with Crippen LogP contribution < -0.4 is 4.90 Å². The summed E-state index contributed by atoms with van der Waals surface area (Å²) >= 11 is 3.29. The van der Waals surface area contributed by atoms with Gasteiger partial charge in [0.25, 0.3) is 0 Å². The fraction of sp³-hybridized carbons (Fsp3) is 0.455. The molecule has 0 bridgehead atoms. The maximum atomic E-state index is 12.4. The van der Waals surface area contributed by atoms with Gasteiger partial charge in [-0.05, 0) is 18.1 Å². The molecule has 1 aromatic heterocycles. The van der Waals surface area contributed by atoms with Gasteiger partial charge in [-0.2, -0.15) is 13.2 Å². The van der Waals surface area contributed by atoms with E-state index in [-0.39, 0.29) is 17.6 Å². The van der Waals surface area contributed by atoms with E-state index in [2.05, 4.69) is 20.9 Å². The van der Waals surface area contributed by atoms with Crippen molar-refractivity contribution in [2.75, 3.05) is 16.8 Å². The number of carbonyl (C=O) groups excluding carboxylic acids is 1. The molecule has 1 aliphatic heterocycles. The molecule has 2 heterocycles. The van der Waals surface area contributed by atoms with Crippen LogP contribution in [0.3, 0.4) is 0 Å². The lowest BCUT2D eigenvalue weighted by Crippen LogP contribution is -2.25. The third kappa shape index (κ3) is 2.66. The van der Waals surface area contributed by atoms with Gasteiger partial charge in [0.15, 0.2) is 0 Å². The van der Waals surface area contributed by atoms with Crippen molar-refractivity contribution in [3.63, 3.8) is 0 Å². The first-order chi connectivity index (χ1) is 8.41. The molecular formula is C11H10BrF3N2O. The molecule has 98 valence electrons. The predicted molar refractivity (Wildman–Crippen MR) is 63.5 cm³/mol. The monoisotopic (exact) mass is 322 g/mol. The second-order valence-electron chi connectivity index (χ2n) is 4.13. The van der Waals surface area contributed by atoms with Crippen LogP contribution in [0.4, 0.5) is 19.0 Å². The largest absolute Gasteiger partial charge is 0.417 e. The number of carbonyl (C=O) groups is 1. The highest BCUT2D eigenvalue weighted by Gasteiger charge is 2.33. The van der Waals surface area contributed by atoms with E-state index in [0.717, 1.165) is 12.3 Å². The summed E-state index contributed by atoms with van der Waals surface area (Å²) < 4.78 is 37.1.